The number of hydrogen-bond donors (Lipinski definition) is 1. The van der Waals surface area contributed by atoms with E-state index < -0.39 is 0 Å². The summed E-state index contributed by atoms with van der Waals surface area (Å²) in [5.74, 6) is -0.417. The molecule has 0 aromatic heterocycles. The van der Waals surface area contributed by atoms with Crippen LogP contribution in [0.4, 0.5) is 4.39 Å². The van der Waals surface area contributed by atoms with Gasteiger partial charge in [-0.2, -0.15) is 0 Å². The molecule has 1 N–H and O–H groups in total. The van der Waals surface area contributed by atoms with Crippen molar-refractivity contribution in [3.05, 3.63) is 35.6 Å². The first-order valence-corrected chi connectivity index (χ1v) is 4.82. The van der Waals surface area contributed by atoms with Gasteiger partial charge in [-0.25, -0.2) is 4.39 Å². The molecule has 1 aliphatic rings. The summed E-state index contributed by atoms with van der Waals surface area (Å²) in [6, 6.07) is 5.94. The van der Waals surface area contributed by atoms with Crippen LogP contribution in [0.25, 0.3) is 0 Å². The van der Waals surface area contributed by atoms with Crippen molar-refractivity contribution in [2.75, 3.05) is 0 Å². The Labute approximate surface area is 82.1 Å². The van der Waals surface area contributed by atoms with Crippen LogP contribution >= 0.6 is 0 Å². The molecule has 1 amide bonds. The van der Waals surface area contributed by atoms with E-state index in [0.29, 0.717) is 11.6 Å². The predicted molar refractivity (Wildman–Crippen MR) is 51.5 cm³/mol. The molecule has 1 aliphatic carbocycles. The molecule has 1 aromatic rings. The monoisotopic (exact) mass is 193 g/mol. The highest BCUT2D eigenvalue weighted by atomic mass is 19.1. The summed E-state index contributed by atoms with van der Waals surface area (Å²) < 4.78 is 12.6. The molecule has 2 rings (SSSR count). The average molecular weight is 193 g/mol. The second-order valence-electron chi connectivity index (χ2n) is 3.61. The summed E-state index contributed by atoms with van der Waals surface area (Å²) >= 11 is 0. The molecule has 0 saturated heterocycles. The Morgan fingerprint density at radius 2 is 1.93 bits per heavy atom. The minimum Gasteiger partial charge on any atom is -0.349 e. The molecule has 1 aromatic carbocycles. The molecular weight excluding hydrogens is 181 g/mol. The van der Waals surface area contributed by atoms with Gasteiger partial charge < -0.3 is 5.32 Å². The molecule has 0 atom stereocenters. The van der Waals surface area contributed by atoms with Crippen LogP contribution in [-0.4, -0.2) is 11.9 Å². The smallest absolute Gasteiger partial charge is 0.251 e. The van der Waals surface area contributed by atoms with E-state index in [2.05, 4.69) is 5.32 Å². The number of halogens is 1. The van der Waals surface area contributed by atoms with Gasteiger partial charge in [-0.1, -0.05) is 0 Å². The summed E-state index contributed by atoms with van der Waals surface area (Å²) in [6.07, 6.45) is 3.31. The molecule has 0 aliphatic heterocycles. The maximum absolute atomic E-state index is 12.6. The van der Waals surface area contributed by atoms with Crippen molar-refractivity contribution in [1.29, 1.82) is 0 Å². The van der Waals surface area contributed by atoms with Crippen LogP contribution in [0.3, 0.4) is 0 Å². The topological polar surface area (TPSA) is 29.1 Å². The van der Waals surface area contributed by atoms with Crippen LogP contribution < -0.4 is 5.32 Å². The largest absolute Gasteiger partial charge is 0.349 e. The number of amides is 1. The highest BCUT2D eigenvalue weighted by Gasteiger charge is 2.19. The van der Waals surface area contributed by atoms with Crippen LogP contribution in [0.15, 0.2) is 24.3 Å². The molecule has 0 radical (unpaired) electrons. The van der Waals surface area contributed by atoms with Gasteiger partial charge >= 0.3 is 0 Å². The number of hydrogen-bond acceptors (Lipinski definition) is 1. The Hall–Kier alpha value is -1.38. The van der Waals surface area contributed by atoms with Crippen molar-refractivity contribution < 1.29 is 9.18 Å². The quantitative estimate of drug-likeness (QED) is 0.765. The summed E-state index contributed by atoms with van der Waals surface area (Å²) in [4.78, 5) is 11.5. The third kappa shape index (κ3) is 1.92. The molecule has 3 heteroatoms. The number of nitrogens with one attached hydrogen (secondary N) is 1. The molecule has 1 saturated carbocycles. The zero-order chi connectivity index (χ0) is 9.97. The number of benzene rings is 1. The molecule has 0 unspecified atom stereocenters. The van der Waals surface area contributed by atoms with Crippen LogP contribution in [-0.2, 0) is 0 Å². The van der Waals surface area contributed by atoms with E-state index in [0.717, 1.165) is 12.8 Å². The van der Waals surface area contributed by atoms with Gasteiger partial charge in [0.15, 0.2) is 0 Å². The SMILES string of the molecule is O=C(NC1CCC1)c1ccc(F)cc1. The van der Waals surface area contributed by atoms with Crippen molar-refractivity contribution >= 4 is 5.91 Å². The fraction of sp³-hybridized carbons (Fsp3) is 0.364. The van der Waals surface area contributed by atoms with Gasteiger partial charge in [0.05, 0.1) is 0 Å². The van der Waals surface area contributed by atoms with Gasteiger partial charge in [0.2, 0.25) is 0 Å². The van der Waals surface area contributed by atoms with Crippen molar-refractivity contribution in [3.63, 3.8) is 0 Å². The van der Waals surface area contributed by atoms with Gasteiger partial charge in [0.25, 0.3) is 5.91 Å². The molecule has 0 bridgehead atoms. The Balaban J connectivity index is 1.99. The molecule has 14 heavy (non-hydrogen) atoms. The van der Waals surface area contributed by atoms with E-state index in [-0.39, 0.29) is 11.7 Å². The lowest BCUT2D eigenvalue weighted by Gasteiger charge is -2.26. The second kappa shape index (κ2) is 3.78. The minimum atomic E-state index is -0.315. The Morgan fingerprint density at radius 3 is 2.43 bits per heavy atom. The van der Waals surface area contributed by atoms with E-state index in [4.69, 9.17) is 0 Å². The third-order valence-electron chi connectivity index (χ3n) is 2.55. The molecule has 74 valence electrons. The zero-order valence-electron chi connectivity index (χ0n) is 7.79. The normalized spacial score (nSPS) is 16.1. The van der Waals surface area contributed by atoms with E-state index in [1.165, 1.54) is 30.7 Å². The van der Waals surface area contributed by atoms with E-state index in [1.54, 1.807) is 0 Å². The van der Waals surface area contributed by atoms with Crippen LogP contribution in [0.1, 0.15) is 29.6 Å². The van der Waals surface area contributed by atoms with E-state index in [1.807, 2.05) is 0 Å². The molecule has 0 heterocycles. The summed E-state index contributed by atoms with van der Waals surface area (Å²) in [5, 5.41) is 2.89. The van der Waals surface area contributed by atoms with Crippen molar-refractivity contribution in [2.24, 2.45) is 0 Å². The fourth-order valence-corrected chi connectivity index (χ4v) is 1.42. The first-order valence-electron chi connectivity index (χ1n) is 4.82. The van der Waals surface area contributed by atoms with Gasteiger partial charge in [0, 0.05) is 11.6 Å². The van der Waals surface area contributed by atoms with E-state index >= 15 is 0 Å². The zero-order valence-corrected chi connectivity index (χ0v) is 7.79. The first-order chi connectivity index (χ1) is 6.75. The Morgan fingerprint density at radius 1 is 1.29 bits per heavy atom. The van der Waals surface area contributed by atoms with Gasteiger partial charge in [-0.15, -0.1) is 0 Å². The molecule has 0 spiro atoms. The van der Waals surface area contributed by atoms with Crippen molar-refractivity contribution in [2.45, 2.75) is 25.3 Å². The third-order valence-corrected chi connectivity index (χ3v) is 2.55. The Kier molecular flexibility index (Phi) is 2.48. The number of carbonyl (C=O) groups is 1. The van der Waals surface area contributed by atoms with Gasteiger partial charge in [-0.05, 0) is 43.5 Å². The second-order valence-corrected chi connectivity index (χ2v) is 3.61. The average Bonchev–Trinajstić information content (AvgIpc) is 2.12. The standard InChI is InChI=1S/C11H12FNO/c12-9-6-4-8(5-7-9)11(14)13-10-2-1-3-10/h4-7,10H,1-3H2,(H,13,14). The number of carbonyl (C=O) groups excluding carboxylic acids is 1. The fourth-order valence-electron chi connectivity index (χ4n) is 1.42. The lowest BCUT2D eigenvalue weighted by Crippen LogP contribution is -2.39. The van der Waals surface area contributed by atoms with Crippen molar-refractivity contribution in [1.82, 2.24) is 5.32 Å². The maximum Gasteiger partial charge on any atom is 0.251 e. The molecular formula is C11H12FNO. The van der Waals surface area contributed by atoms with Crippen LogP contribution in [0.5, 0.6) is 0 Å². The minimum absolute atomic E-state index is 0.102. The van der Waals surface area contributed by atoms with Crippen LogP contribution in [0.2, 0.25) is 0 Å². The van der Waals surface area contributed by atoms with Crippen LogP contribution in [0, 0.1) is 5.82 Å². The van der Waals surface area contributed by atoms with Crippen molar-refractivity contribution in [3.8, 4) is 0 Å². The maximum atomic E-state index is 12.6. The highest BCUT2D eigenvalue weighted by Crippen LogP contribution is 2.18. The summed E-state index contributed by atoms with van der Waals surface area (Å²) in [7, 11) is 0. The van der Waals surface area contributed by atoms with Gasteiger partial charge in [0.1, 0.15) is 5.82 Å². The first kappa shape index (κ1) is 9.19. The number of rotatable bonds is 2. The molecule has 2 nitrogen and oxygen atoms in total. The lowest BCUT2D eigenvalue weighted by atomic mass is 9.93. The predicted octanol–water partition coefficient (Wildman–Crippen LogP) is 2.11. The van der Waals surface area contributed by atoms with E-state index in [9.17, 15) is 9.18 Å². The highest BCUT2D eigenvalue weighted by molar-refractivity contribution is 5.94. The Bertz CT molecular complexity index is 330. The molecule has 1 fully saturated rings. The lowest BCUT2D eigenvalue weighted by molar-refractivity contribution is 0.0917. The van der Waals surface area contributed by atoms with Gasteiger partial charge in [-0.3, -0.25) is 4.79 Å². The summed E-state index contributed by atoms with van der Waals surface area (Å²) in [5.41, 5.74) is 0.526. The summed E-state index contributed by atoms with van der Waals surface area (Å²) in [6.45, 7) is 0.